The number of carbonyl (C=O) groups excluding carboxylic acids is 1. The standard InChI is InChI=1S/C13H15NO2/c1-11-6-5-7-12(10-15)13(11)16-9-4-2-3-8-14/h5-7,10H,2-4,9H2,1H3. The Morgan fingerprint density at radius 1 is 1.44 bits per heavy atom. The predicted molar refractivity (Wildman–Crippen MR) is 61.5 cm³/mol. The number of nitriles is 1. The van der Waals surface area contributed by atoms with Gasteiger partial charge in [0.2, 0.25) is 0 Å². The number of benzene rings is 1. The van der Waals surface area contributed by atoms with Crippen LogP contribution in [0.3, 0.4) is 0 Å². The molecular formula is C13H15NO2. The Bertz CT molecular complexity index is 393. The third kappa shape index (κ3) is 3.39. The van der Waals surface area contributed by atoms with Crippen molar-refractivity contribution in [1.82, 2.24) is 0 Å². The molecule has 0 aliphatic rings. The number of aryl methyl sites for hydroxylation is 1. The summed E-state index contributed by atoms with van der Waals surface area (Å²) in [5.74, 6) is 0.662. The van der Waals surface area contributed by atoms with Crippen LogP contribution in [0.1, 0.15) is 35.2 Å². The van der Waals surface area contributed by atoms with Crippen molar-refractivity contribution < 1.29 is 9.53 Å². The molecule has 16 heavy (non-hydrogen) atoms. The second kappa shape index (κ2) is 6.62. The Kier molecular flexibility index (Phi) is 5.07. The van der Waals surface area contributed by atoms with Crippen LogP contribution in [0.25, 0.3) is 0 Å². The van der Waals surface area contributed by atoms with Crippen molar-refractivity contribution in [2.75, 3.05) is 6.61 Å². The highest BCUT2D eigenvalue weighted by molar-refractivity contribution is 5.80. The Morgan fingerprint density at radius 2 is 2.25 bits per heavy atom. The number of hydrogen-bond donors (Lipinski definition) is 0. The van der Waals surface area contributed by atoms with Crippen LogP contribution >= 0.6 is 0 Å². The summed E-state index contributed by atoms with van der Waals surface area (Å²) in [6.45, 7) is 2.46. The van der Waals surface area contributed by atoms with E-state index in [0.717, 1.165) is 24.7 Å². The van der Waals surface area contributed by atoms with Gasteiger partial charge in [0.1, 0.15) is 5.75 Å². The molecule has 0 aliphatic heterocycles. The van der Waals surface area contributed by atoms with Gasteiger partial charge in [-0.3, -0.25) is 4.79 Å². The average molecular weight is 217 g/mol. The number of unbranched alkanes of at least 4 members (excludes halogenated alkanes) is 2. The molecule has 1 aromatic rings. The van der Waals surface area contributed by atoms with Crippen LogP contribution < -0.4 is 4.74 Å². The van der Waals surface area contributed by atoms with Gasteiger partial charge in [-0.1, -0.05) is 12.1 Å². The van der Waals surface area contributed by atoms with Crippen LogP contribution in [-0.2, 0) is 0 Å². The number of rotatable bonds is 6. The highest BCUT2D eigenvalue weighted by Gasteiger charge is 2.05. The van der Waals surface area contributed by atoms with E-state index in [9.17, 15) is 4.79 Å². The highest BCUT2D eigenvalue weighted by Crippen LogP contribution is 2.22. The van der Waals surface area contributed by atoms with Crippen molar-refractivity contribution in [1.29, 1.82) is 5.26 Å². The molecule has 84 valence electrons. The minimum Gasteiger partial charge on any atom is -0.493 e. The number of ether oxygens (including phenoxy) is 1. The molecule has 0 bridgehead atoms. The highest BCUT2D eigenvalue weighted by atomic mass is 16.5. The summed E-state index contributed by atoms with van der Waals surface area (Å²) < 4.78 is 5.56. The summed E-state index contributed by atoms with van der Waals surface area (Å²) in [4.78, 5) is 10.8. The van der Waals surface area contributed by atoms with Crippen molar-refractivity contribution in [3.63, 3.8) is 0 Å². The van der Waals surface area contributed by atoms with Crippen molar-refractivity contribution in [3.05, 3.63) is 29.3 Å². The zero-order valence-electron chi connectivity index (χ0n) is 9.40. The van der Waals surface area contributed by atoms with Crippen molar-refractivity contribution in [2.45, 2.75) is 26.2 Å². The topological polar surface area (TPSA) is 50.1 Å². The van der Waals surface area contributed by atoms with E-state index < -0.39 is 0 Å². The van der Waals surface area contributed by atoms with Gasteiger partial charge < -0.3 is 4.74 Å². The molecule has 3 heteroatoms. The minimum absolute atomic E-state index is 0.549. The van der Waals surface area contributed by atoms with Gasteiger partial charge in [-0.2, -0.15) is 5.26 Å². The van der Waals surface area contributed by atoms with E-state index in [2.05, 4.69) is 6.07 Å². The number of aldehydes is 1. The molecule has 1 rings (SSSR count). The Balaban J connectivity index is 2.53. The molecule has 0 spiro atoms. The third-order valence-electron chi connectivity index (χ3n) is 2.30. The van der Waals surface area contributed by atoms with Gasteiger partial charge in [-0.05, 0) is 31.4 Å². The van der Waals surface area contributed by atoms with Gasteiger partial charge >= 0.3 is 0 Å². The molecule has 0 saturated carbocycles. The van der Waals surface area contributed by atoms with E-state index >= 15 is 0 Å². The first-order valence-electron chi connectivity index (χ1n) is 5.34. The zero-order valence-corrected chi connectivity index (χ0v) is 9.40. The number of nitrogens with zero attached hydrogens (tertiary/aromatic N) is 1. The van der Waals surface area contributed by atoms with Crippen LogP contribution in [0.2, 0.25) is 0 Å². The van der Waals surface area contributed by atoms with Crippen LogP contribution in [0, 0.1) is 18.3 Å². The minimum atomic E-state index is 0.549. The maximum absolute atomic E-state index is 10.8. The third-order valence-corrected chi connectivity index (χ3v) is 2.30. The van der Waals surface area contributed by atoms with Crippen LogP contribution in [0.4, 0.5) is 0 Å². The van der Waals surface area contributed by atoms with Crippen LogP contribution in [-0.4, -0.2) is 12.9 Å². The molecule has 0 aliphatic carbocycles. The molecule has 0 fully saturated rings. The molecular weight excluding hydrogens is 202 g/mol. The smallest absolute Gasteiger partial charge is 0.153 e. The fourth-order valence-corrected chi connectivity index (χ4v) is 1.45. The lowest BCUT2D eigenvalue weighted by molar-refractivity contribution is 0.111. The second-order valence-electron chi connectivity index (χ2n) is 3.57. The molecule has 0 aromatic heterocycles. The van der Waals surface area contributed by atoms with Gasteiger partial charge in [0.15, 0.2) is 6.29 Å². The van der Waals surface area contributed by atoms with Gasteiger partial charge in [0, 0.05) is 6.42 Å². The first kappa shape index (κ1) is 12.3. The second-order valence-corrected chi connectivity index (χ2v) is 3.57. The lowest BCUT2D eigenvalue weighted by atomic mass is 10.1. The molecule has 0 radical (unpaired) electrons. The fourth-order valence-electron chi connectivity index (χ4n) is 1.45. The first-order chi connectivity index (χ1) is 7.79. The molecule has 0 amide bonds. The SMILES string of the molecule is Cc1cccc(C=O)c1OCCCCC#N. The lowest BCUT2D eigenvalue weighted by Crippen LogP contribution is -2.01. The van der Waals surface area contributed by atoms with Crippen LogP contribution in [0.5, 0.6) is 5.75 Å². The summed E-state index contributed by atoms with van der Waals surface area (Å²) in [5.41, 5.74) is 1.55. The molecule has 0 N–H and O–H groups in total. The van der Waals surface area contributed by atoms with E-state index in [1.54, 1.807) is 6.07 Å². The molecule has 1 aromatic carbocycles. The van der Waals surface area contributed by atoms with Crippen molar-refractivity contribution in [2.24, 2.45) is 0 Å². The Hall–Kier alpha value is -1.82. The number of carbonyl (C=O) groups is 1. The predicted octanol–water partition coefficient (Wildman–Crippen LogP) is 2.88. The summed E-state index contributed by atoms with van der Waals surface area (Å²) in [7, 11) is 0. The summed E-state index contributed by atoms with van der Waals surface area (Å²) >= 11 is 0. The summed E-state index contributed by atoms with van der Waals surface area (Å²) in [5, 5.41) is 8.37. The Morgan fingerprint density at radius 3 is 2.94 bits per heavy atom. The fraction of sp³-hybridized carbons (Fsp3) is 0.385. The van der Waals surface area contributed by atoms with Crippen molar-refractivity contribution >= 4 is 6.29 Å². The normalized spacial score (nSPS) is 9.50. The van der Waals surface area contributed by atoms with Gasteiger partial charge in [0.25, 0.3) is 0 Å². The lowest BCUT2D eigenvalue weighted by Gasteiger charge is -2.10. The zero-order chi connectivity index (χ0) is 11.8. The van der Waals surface area contributed by atoms with Crippen LogP contribution in [0.15, 0.2) is 18.2 Å². The Labute approximate surface area is 95.7 Å². The molecule has 3 nitrogen and oxygen atoms in total. The number of para-hydroxylation sites is 1. The quantitative estimate of drug-likeness (QED) is 0.543. The molecule has 0 saturated heterocycles. The van der Waals surface area contributed by atoms with E-state index in [1.807, 2.05) is 19.1 Å². The summed E-state index contributed by atoms with van der Waals surface area (Å²) in [6.07, 6.45) is 3.02. The molecule has 0 heterocycles. The number of hydrogen-bond acceptors (Lipinski definition) is 3. The van der Waals surface area contributed by atoms with Gasteiger partial charge in [-0.25, -0.2) is 0 Å². The molecule has 0 unspecified atom stereocenters. The maximum atomic E-state index is 10.8. The maximum Gasteiger partial charge on any atom is 0.153 e. The molecule has 0 atom stereocenters. The summed E-state index contributed by atoms with van der Waals surface area (Å²) in [6, 6.07) is 7.58. The monoisotopic (exact) mass is 217 g/mol. The van der Waals surface area contributed by atoms with E-state index in [4.69, 9.17) is 10.00 Å². The van der Waals surface area contributed by atoms with Gasteiger partial charge in [-0.15, -0.1) is 0 Å². The average Bonchev–Trinajstić information content (AvgIpc) is 2.30. The van der Waals surface area contributed by atoms with Crippen molar-refractivity contribution in [3.8, 4) is 11.8 Å². The first-order valence-corrected chi connectivity index (χ1v) is 5.34. The van der Waals surface area contributed by atoms with E-state index in [0.29, 0.717) is 24.3 Å². The van der Waals surface area contributed by atoms with E-state index in [-0.39, 0.29) is 0 Å². The van der Waals surface area contributed by atoms with Gasteiger partial charge in [0.05, 0.1) is 18.2 Å². The van der Waals surface area contributed by atoms with E-state index in [1.165, 1.54) is 0 Å². The largest absolute Gasteiger partial charge is 0.493 e.